The molecule has 49 heavy (non-hydrogen) atoms. The molecule has 0 saturated carbocycles. The number of ether oxygens (including phenoxy) is 9. The van der Waals surface area contributed by atoms with Crippen LogP contribution in [-0.4, -0.2) is 67.2 Å². The molecule has 3 aromatic rings. The van der Waals surface area contributed by atoms with Crippen LogP contribution >= 0.6 is 0 Å². The zero-order valence-corrected chi connectivity index (χ0v) is 28.5. The average Bonchev–Trinajstić information content (AvgIpc) is 3.60. The van der Waals surface area contributed by atoms with Crippen molar-refractivity contribution in [2.45, 2.75) is 108 Å². The van der Waals surface area contributed by atoms with E-state index < -0.39 is 54.5 Å². The van der Waals surface area contributed by atoms with Gasteiger partial charge in [0.2, 0.25) is 0 Å². The average molecular weight is 671 g/mol. The van der Waals surface area contributed by atoms with E-state index in [0.717, 1.165) is 16.7 Å². The lowest BCUT2D eigenvalue weighted by atomic mass is 9.98. The topological polar surface area (TPSA) is 83.1 Å². The van der Waals surface area contributed by atoms with Crippen LogP contribution in [0.25, 0.3) is 0 Å². The molecular formula is C40H46O9. The maximum absolute atomic E-state index is 6.63. The van der Waals surface area contributed by atoms with E-state index in [1.54, 1.807) is 0 Å². The summed E-state index contributed by atoms with van der Waals surface area (Å²) in [6.07, 6.45) is 2.28. The maximum atomic E-state index is 6.63. The minimum absolute atomic E-state index is 0.296. The fourth-order valence-electron chi connectivity index (χ4n) is 6.71. The molecule has 3 fully saturated rings. The SMILES string of the molecule is CC1(C)O[C@H]2[C@@H](O1)[C@@H](/C=C\C1=C[C@@H](OCc3ccccc3)[C@H](OCc3ccccc3)[C@@H](COCc3ccccc3)O1)O[C@@H]1OC(C)(C)O[C@@H]12. The lowest BCUT2D eigenvalue weighted by molar-refractivity contribution is -0.222. The van der Waals surface area contributed by atoms with Crippen LogP contribution in [0.15, 0.2) is 115 Å². The molecule has 9 heteroatoms. The molecule has 3 aromatic carbocycles. The number of benzene rings is 3. The summed E-state index contributed by atoms with van der Waals surface area (Å²) in [4.78, 5) is 0. The lowest BCUT2D eigenvalue weighted by Gasteiger charge is -2.37. The number of allylic oxidation sites excluding steroid dienone is 1. The first-order chi connectivity index (χ1) is 23.7. The highest BCUT2D eigenvalue weighted by molar-refractivity contribution is 5.23. The largest absolute Gasteiger partial charge is 0.485 e. The molecule has 0 aliphatic carbocycles. The van der Waals surface area contributed by atoms with Crippen molar-refractivity contribution >= 4 is 0 Å². The van der Waals surface area contributed by atoms with Gasteiger partial charge in [-0.25, -0.2) is 0 Å². The van der Waals surface area contributed by atoms with Gasteiger partial charge in [-0.1, -0.05) is 91.0 Å². The summed E-state index contributed by atoms with van der Waals surface area (Å²) < 4.78 is 57.4. The molecule has 0 amide bonds. The standard InChI is InChI=1S/C40H46O9/c1-39(2)46-35-31(45-38-37(36(35)47-39)48-40(3,4)49-38)21-20-30-22-32(42-24-28-16-10-6-11-17-28)34(43-25-29-18-12-7-13-19-29)33(44-30)26-41-23-27-14-8-5-9-15-27/h5-22,31-38H,23-26H2,1-4H3/b21-20-/t31-,32-,33-,34+,35+,36+,37-,38-/m1/s1. The summed E-state index contributed by atoms with van der Waals surface area (Å²) in [6, 6.07) is 30.3. The minimum Gasteiger partial charge on any atom is -0.485 e. The molecule has 0 spiro atoms. The Kier molecular flexibility index (Phi) is 10.3. The lowest BCUT2D eigenvalue weighted by Crippen LogP contribution is -2.54. The van der Waals surface area contributed by atoms with E-state index in [-0.39, 0.29) is 6.10 Å². The van der Waals surface area contributed by atoms with E-state index in [9.17, 15) is 0 Å². The Morgan fingerprint density at radius 3 is 1.84 bits per heavy atom. The van der Waals surface area contributed by atoms with E-state index >= 15 is 0 Å². The van der Waals surface area contributed by atoms with Crippen molar-refractivity contribution in [1.82, 2.24) is 0 Å². The van der Waals surface area contributed by atoms with Gasteiger partial charge >= 0.3 is 0 Å². The van der Waals surface area contributed by atoms with E-state index in [1.165, 1.54) is 0 Å². The summed E-state index contributed by atoms with van der Waals surface area (Å²) in [6.45, 7) is 9.12. The van der Waals surface area contributed by atoms with Gasteiger partial charge in [0.05, 0.1) is 26.4 Å². The van der Waals surface area contributed by atoms with Crippen molar-refractivity contribution in [1.29, 1.82) is 0 Å². The summed E-state index contributed by atoms with van der Waals surface area (Å²) in [5.74, 6) is -0.971. The van der Waals surface area contributed by atoms with Crippen molar-refractivity contribution in [2.75, 3.05) is 6.61 Å². The molecule has 9 nitrogen and oxygen atoms in total. The van der Waals surface area contributed by atoms with E-state index in [4.69, 9.17) is 42.6 Å². The van der Waals surface area contributed by atoms with Crippen LogP contribution in [0.3, 0.4) is 0 Å². The Labute approximate surface area is 288 Å². The molecule has 3 saturated heterocycles. The van der Waals surface area contributed by atoms with Crippen LogP contribution in [-0.2, 0) is 62.5 Å². The summed E-state index contributed by atoms with van der Waals surface area (Å²) in [7, 11) is 0. The Morgan fingerprint density at radius 2 is 1.18 bits per heavy atom. The van der Waals surface area contributed by atoms with E-state index in [0.29, 0.717) is 32.2 Å². The van der Waals surface area contributed by atoms with Crippen LogP contribution in [0.4, 0.5) is 0 Å². The van der Waals surface area contributed by atoms with Crippen LogP contribution in [0, 0.1) is 0 Å². The third-order valence-electron chi connectivity index (χ3n) is 8.91. The highest BCUT2D eigenvalue weighted by Crippen LogP contribution is 2.44. The molecular weight excluding hydrogens is 624 g/mol. The van der Waals surface area contributed by atoms with Gasteiger partial charge in [0, 0.05) is 0 Å². The van der Waals surface area contributed by atoms with Crippen molar-refractivity contribution in [3.63, 3.8) is 0 Å². The van der Waals surface area contributed by atoms with Gasteiger partial charge in [-0.2, -0.15) is 0 Å². The fourth-order valence-corrected chi connectivity index (χ4v) is 6.71. The quantitative estimate of drug-likeness (QED) is 0.212. The predicted molar refractivity (Wildman–Crippen MR) is 181 cm³/mol. The fraction of sp³-hybridized carbons (Fsp3) is 0.450. The monoisotopic (exact) mass is 670 g/mol. The van der Waals surface area contributed by atoms with E-state index in [1.807, 2.05) is 125 Å². The van der Waals surface area contributed by atoms with Gasteiger partial charge in [-0.15, -0.1) is 0 Å². The highest BCUT2D eigenvalue weighted by Gasteiger charge is 2.60. The van der Waals surface area contributed by atoms with Crippen molar-refractivity contribution < 1.29 is 42.6 Å². The Hall–Kier alpha value is -3.38. The van der Waals surface area contributed by atoms with Gasteiger partial charge in [-0.3, -0.25) is 0 Å². The van der Waals surface area contributed by atoms with Gasteiger partial charge in [0.15, 0.2) is 24.0 Å². The molecule has 7 rings (SSSR count). The normalized spacial score (nSPS) is 31.6. The Bertz CT molecular complexity index is 1560. The molecule has 4 aliphatic rings. The molecule has 4 aliphatic heterocycles. The van der Waals surface area contributed by atoms with Gasteiger partial charge in [0.25, 0.3) is 0 Å². The van der Waals surface area contributed by atoms with Crippen LogP contribution < -0.4 is 0 Å². The molecule has 260 valence electrons. The third kappa shape index (κ3) is 8.51. The Balaban J connectivity index is 1.14. The van der Waals surface area contributed by atoms with Gasteiger partial charge in [0.1, 0.15) is 42.4 Å². The molecule has 8 atom stereocenters. The molecule has 0 N–H and O–H groups in total. The molecule has 4 heterocycles. The van der Waals surface area contributed by atoms with E-state index in [2.05, 4.69) is 12.1 Å². The number of hydrogen-bond acceptors (Lipinski definition) is 9. The first-order valence-corrected chi connectivity index (χ1v) is 17.1. The smallest absolute Gasteiger partial charge is 0.190 e. The highest BCUT2D eigenvalue weighted by atomic mass is 16.9. The summed E-state index contributed by atoms with van der Waals surface area (Å²) in [5.41, 5.74) is 3.21. The van der Waals surface area contributed by atoms with Gasteiger partial charge in [-0.05, 0) is 62.6 Å². The first-order valence-electron chi connectivity index (χ1n) is 17.1. The second-order valence-corrected chi connectivity index (χ2v) is 13.7. The second kappa shape index (κ2) is 14.8. The molecule has 0 radical (unpaired) electrons. The number of fused-ring (bicyclic) bond motifs is 3. The first kappa shape index (κ1) is 34.1. The third-order valence-corrected chi connectivity index (χ3v) is 8.91. The molecule has 0 unspecified atom stereocenters. The number of rotatable bonds is 12. The zero-order chi connectivity index (χ0) is 33.8. The van der Waals surface area contributed by atoms with Crippen molar-refractivity contribution in [2.24, 2.45) is 0 Å². The van der Waals surface area contributed by atoms with Crippen LogP contribution in [0.1, 0.15) is 44.4 Å². The maximum Gasteiger partial charge on any atom is 0.190 e. The van der Waals surface area contributed by atoms with Crippen LogP contribution in [0.5, 0.6) is 0 Å². The minimum atomic E-state index is -0.797. The number of hydrogen-bond donors (Lipinski definition) is 0. The zero-order valence-electron chi connectivity index (χ0n) is 28.5. The molecule has 0 bridgehead atoms. The summed E-state index contributed by atoms with van der Waals surface area (Å²) in [5, 5.41) is 0. The predicted octanol–water partition coefficient (Wildman–Crippen LogP) is 6.61. The summed E-state index contributed by atoms with van der Waals surface area (Å²) >= 11 is 0. The molecule has 0 aromatic heterocycles. The van der Waals surface area contributed by atoms with Crippen molar-refractivity contribution in [3.8, 4) is 0 Å². The van der Waals surface area contributed by atoms with Gasteiger partial charge < -0.3 is 42.6 Å². The van der Waals surface area contributed by atoms with Crippen molar-refractivity contribution in [3.05, 3.63) is 132 Å². The van der Waals surface area contributed by atoms with Crippen LogP contribution in [0.2, 0.25) is 0 Å². The second-order valence-electron chi connectivity index (χ2n) is 13.7. The Morgan fingerprint density at radius 1 is 0.633 bits per heavy atom.